The molecule has 1 aromatic rings. The molecule has 3 N–H and O–H groups in total. The summed E-state index contributed by atoms with van der Waals surface area (Å²) in [4.78, 5) is 0. The molecule has 6 heteroatoms. The van der Waals surface area contributed by atoms with Crippen molar-refractivity contribution >= 4 is 46.2 Å². The highest BCUT2D eigenvalue weighted by atomic mass is 35.5. The van der Waals surface area contributed by atoms with Gasteiger partial charge in [0.2, 0.25) is 0 Å². The summed E-state index contributed by atoms with van der Waals surface area (Å²) in [6.07, 6.45) is 6.64. The first-order valence-corrected chi connectivity index (χ1v) is 9.25. The van der Waals surface area contributed by atoms with Crippen LogP contribution in [0.5, 0.6) is 0 Å². The average molecular weight is 368 g/mol. The fraction of sp³-hybridized carbons (Fsp3) is 0.471. The van der Waals surface area contributed by atoms with Crippen molar-refractivity contribution in [2.24, 2.45) is 17.8 Å². The van der Waals surface area contributed by atoms with Crippen LogP contribution in [0.25, 0.3) is 0 Å². The van der Waals surface area contributed by atoms with Crippen LogP contribution in [0.2, 0.25) is 10.0 Å². The third-order valence-electron chi connectivity index (χ3n) is 5.25. The third kappa shape index (κ3) is 3.17. The Labute approximate surface area is 151 Å². The van der Waals surface area contributed by atoms with Crippen molar-refractivity contribution in [3.05, 3.63) is 39.5 Å². The molecule has 0 aliphatic heterocycles. The van der Waals surface area contributed by atoms with E-state index in [2.05, 4.69) is 16.2 Å². The fourth-order valence-corrected chi connectivity index (χ4v) is 4.94. The Morgan fingerprint density at radius 3 is 2.43 bits per heavy atom. The number of halogens is 2. The second-order valence-corrected chi connectivity index (χ2v) is 8.12. The molecule has 0 heterocycles. The highest BCUT2D eigenvalue weighted by Gasteiger charge is 2.41. The van der Waals surface area contributed by atoms with Crippen molar-refractivity contribution in [3.8, 4) is 0 Å². The Balaban J connectivity index is 1.37. The molecule has 2 fully saturated rings. The minimum Gasteiger partial charge on any atom is -0.331 e. The van der Waals surface area contributed by atoms with E-state index in [1.165, 1.54) is 37.8 Å². The molecule has 3 nitrogen and oxygen atoms in total. The highest BCUT2D eigenvalue weighted by molar-refractivity contribution is 7.80. The summed E-state index contributed by atoms with van der Waals surface area (Å²) >= 11 is 17.3. The first-order valence-electron chi connectivity index (χ1n) is 8.08. The first-order chi connectivity index (χ1) is 11.1. The van der Waals surface area contributed by atoms with Crippen LogP contribution in [0.4, 0.5) is 5.69 Å². The molecule has 3 atom stereocenters. The lowest BCUT2D eigenvalue weighted by molar-refractivity contribution is 0.149. The van der Waals surface area contributed by atoms with Crippen LogP contribution in [-0.4, -0.2) is 5.11 Å². The zero-order chi connectivity index (χ0) is 16.0. The Morgan fingerprint density at radius 2 is 1.78 bits per heavy atom. The summed E-state index contributed by atoms with van der Waals surface area (Å²) in [6, 6.07) is 5.38. The maximum atomic E-state index is 6.02. The number of rotatable bonds is 3. The molecule has 0 aromatic heterocycles. The maximum absolute atomic E-state index is 6.02. The monoisotopic (exact) mass is 367 g/mol. The number of hydrogen-bond acceptors (Lipinski definition) is 2. The topological polar surface area (TPSA) is 36.1 Å². The van der Waals surface area contributed by atoms with E-state index in [0.717, 1.165) is 17.5 Å². The zero-order valence-electron chi connectivity index (χ0n) is 12.7. The largest absolute Gasteiger partial charge is 0.331 e. The van der Waals surface area contributed by atoms with Crippen molar-refractivity contribution < 1.29 is 0 Å². The second-order valence-electron chi connectivity index (χ2n) is 6.89. The number of allylic oxidation sites excluding steroid dienone is 2. The molecular formula is C17H19Cl2N3S. The molecule has 23 heavy (non-hydrogen) atoms. The molecule has 0 spiro atoms. The standard InChI is InChI=1S/C17H19Cl2N3S/c18-14-2-1-13(8-15(14)19)20-17(23)22-21-16-11-4-9-3-10(6-11)7-12(16)5-9/h1-2,8-11,21H,3-7H2,(H2,20,22,23)/t9-,10+,11?. The Kier molecular flexibility index (Phi) is 4.16. The molecule has 4 aliphatic rings. The van der Waals surface area contributed by atoms with Crippen molar-refractivity contribution in [3.63, 3.8) is 0 Å². The van der Waals surface area contributed by atoms with E-state index in [4.69, 9.17) is 35.4 Å². The predicted molar refractivity (Wildman–Crippen MR) is 99.5 cm³/mol. The SMILES string of the molecule is S=C(NNC1=C2C[C@@H]3CC1C[C@H](C2)C3)Nc1ccc(Cl)c(Cl)c1. The summed E-state index contributed by atoms with van der Waals surface area (Å²) in [6.45, 7) is 0. The van der Waals surface area contributed by atoms with Gasteiger partial charge in [0, 0.05) is 17.3 Å². The van der Waals surface area contributed by atoms with Crippen LogP contribution in [0.1, 0.15) is 32.1 Å². The van der Waals surface area contributed by atoms with Crippen LogP contribution in [0.15, 0.2) is 29.5 Å². The van der Waals surface area contributed by atoms with Crippen molar-refractivity contribution in [1.29, 1.82) is 0 Å². The van der Waals surface area contributed by atoms with E-state index in [-0.39, 0.29) is 0 Å². The molecule has 4 aliphatic carbocycles. The Hall–Kier alpha value is -0.970. The predicted octanol–water partition coefficient (Wildman–Crippen LogP) is 4.88. The third-order valence-corrected chi connectivity index (χ3v) is 6.19. The van der Waals surface area contributed by atoms with Gasteiger partial charge in [0.15, 0.2) is 5.11 Å². The van der Waals surface area contributed by atoms with Crippen molar-refractivity contribution in [2.75, 3.05) is 5.32 Å². The van der Waals surface area contributed by atoms with E-state index in [1.54, 1.807) is 17.7 Å². The Morgan fingerprint density at radius 1 is 1.04 bits per heavy atom. The smallest absolute Gasteiger partial charge is 0.189 e. The molecule has 2 saturated carbocycles. The number of hydrogen-bond donors (Lipinski definition) is 3. The van der Waals surface area contributed by atoms with Crippen LogP contribution < -0.4 is 16.2 Å². The second kappa shape index (κ2) is 6.15. The molecule has 0 saturated heterocycles. The van der Waals surface area contributed by atoms with Gasteiger partial charge >= 0.3 is 0 Å². The molecule has 1 aromatic carbocycles. The van der Waals surface area contributed by atoms with Crippen molar-refractivity contribution in [2.45, 2.75) is 32.1 Å². The van der Waals surface area contributed by atoms with Gasteiger partial charge in [0.1, 0.15) is 0 Å². The van der Waals surface area contributed by atoms with E-state index >= 15 is 0 Å². The molecule has 1 unspecified atom stereocenters. The van der Waals surface area contributed by atoms with E-state index < -0.39 is 0 Å². The van der Waals surface area contributed by atoms with E-state index in [0.29, 0.717) is 21.1 Å². The molecule has 5 rings (SSSR count). The summed E-state index contributed by atoms with van der Waals surface area (Å²) < 4.78 is 0. The quantitative estimate of drug-likeness (QED) is 0.525. The molecule has 0 amide bonds. The first kappa shape index (κ1) is 15.6. The fourth-order valence-electron chi connectivity index (χ4n) is 4.47. The number of hydrazine groups is 1. The van der Waals surface area contributed by atoms with Crippen LogP contribution in [0.3, 0.4) is 0 Å². The molecule has 0 radical (unpaired) electrons. The lowest BCUT2D eigenvalue weighted by Gasteiger charge is -2.47. The molecule has 122 valence electrons. The lowest BCUT2D eigenvalue weighted by Crippen LogP contribution is -2.46. The highest BCUT2D eigenvalue weighted by Crippen LogP contribution is 2.52. The van der Waals surface area contributed by atoms with E-state index in [9.17, 15) is 0 Å². The van der Waals surface area contributed by atoms with Gasteiger partial charge in [-0.1, -0.05) is 23.2 Å². The van der Waals surface area contributed by atoms with Gasteiger partial charge in [-0.2, -0.15) is 0 Å². The minimum absolute atomic E-state index is 0.512. The number of benzene rings is 1. The van der Waals surface area contributed by atoms with Gasteiger partial charge in [-0.15, -0.1) is 0 Å². The zero-order valence-corrected chi connectivity index (χ0v) is 15.0. The van der Waals surface area contributed by atoms with Gasteiger partial charge in [-0.3, -0.25) is 5.43 Å². The average Bonchev–Trinajstić information content (AvgIpc) is 2.49. The van der Waals surface area contributed by atoms with E-state index in [1.807, 2.05) is 6.07 Å². The summed E-state index contributed by atoms with van der Waals surface area (Å²) in [5.41, 5.74) is 10.3. The minimum atomic E-state index is 0.512. The van der Waals surface area contributed by atoms with Gasteiger partial charge in [0.25, 0.3) is 0 Å². The van der Waals surface area contributed by atoms with Gasteiger partial charge in [-0.25, -0.2) is 0 Å². The maximum Gasteiger partial charge on any atom is 0.189 e. The van der Waals surface area contributed by atoms with Crippen LogP contribution in [-0.2, 0) is 0 Å². The summed E-state index contributed by atoms with van der Waals surface area (Å²) in [5, 5.41) is 4.71. The van der Waals surface area contributed by atoms with Gasteiger partial charge in [-0.05, 0) is 79.9 Å². The summed E-state index contributed by atoms with van der Waals surface area (Å²) in [7, 11) is 0. The number of anilines is 1. The molecule has 4 bridgehead atoms. The van der Waals surface area contributed by atoms with Crippen LogP contribution >= 0.6 is 35.4 Å². The summed E-state index contributed by atoms with van der Waals surface area (Å²) in [5.74, 6) is 2.54. The Bertz CT molecular complexity index is 672. The number of thiocarbonyl (C=S) groups is 1. The molecular weight excluding hydrogens is 349 g/mol. The van der Waals surface area contributed by atoms with Gasteiger partial charge in [0.05, 0.1) is 10.0 Å². The van der Waals surface area contributed by atoms with Gasteiger partial charge < -0.3 is 10.7 Å². The number of nitrogens with one attached hydrogen (secondary N) is 3. The normalized spacial score (nSPS) is 28.0. The lowest BCUT2D eigenvalue weighted by atomic mass is 9.60. The van der Waals surface area contributed by atoms with Crippen LogP contribution in [0, 0.1) is 17.8 Å². The van der Waals surface area contributed by atoms with Crippen molar-refractivity contribution in [1.82, 2.24) is 10.9 Å².